The second kappa shape index (κ2) is 7.66. The summed E-state index contributed by atoms with van der Waals surface area (Å²) in [4.78, 5) is 13.4. The molecule has 0 unspecified atom stereocenters. The summed E-state index contributed by atoms with van der Waals surface area (Å²) in [6.45, 7) is 11.4. The van der Waals surface area contributed by atoms with E-state index >= 15 is 0 Å². The van der Waals surface area contributed by atoms with Crippen LogP contribution in [0.1, 0.15) is 68.4 Å². The number of carbonyl (C=O) groups is 1. The molecule has 0 aliphatic carbocycles. The minimum atomic E-state index is -0.933. The van der Waals surface area contributed by atoms with Crippen molar-refractivity contribution in [3.05, 3.63) is 59.2 Å². The van der Waals surface area contributed by atoms with Crippen LogP contribution in [0.15, 0.2) is 47.6 Å². The average molecular weight is 380 g/mol. The number of hydrogen-bond donors (Lipinski definition) is 2. The van der Waals surface area contributed by atoms with E-state index < -0.39 is 5.97 Å². The van der Waals surface area contributed by atoms with Gasteiger partial charge in [0.15, 0.2) is 0 Å². The fourth-order valence-electron chi connectivity index (χ4n) is 4.40. The monoisotopic (exact) mass is 379 g/mol. The van der Waals surface area contributed by atoms with Gasteiger partial charge in [-0.25, -0.2) is 4.79 Å². The van der Waals surface area contributed by atoms with Gasteiger partial charge in [-0.15, -0.1) is 0 Å². The van der Waals surface area contributed by atoms with Gasteiger partial charge in [-0.1, -0.05) is 13.0 Å². The number of carboxylic acid groups (broad SMARTS) is 1. The van der Waals surface area contributed by atoms with Crippen LogP contribution in [0.2, 0.25) is 0 Å². The minimum absolute atomic E-state index is 0.139. The molecule has 2 N–H and O–H groups in total. The van der Waals surface area contributed by atoms with E-state index in [1.165, 1.54) is 11.3 Å². The van der Waals surface area contributed by atoms with Gasteiger partial charge in [0, 0.05) is 17.3 Å². The normalized spacial score (nSPS) is 18.4. The lowest BCUT2D eigenvalue weighted by Crippen LogP contribution is -2.51. The van der Waals surface area contributed by atoms with Crippen molar-refractivity contribution in [2.45, 2.75) is 58.5 Å². The molecule has 0 aromatic heterocycles. The van der Waals surface area contributed by atoms with E-state index in [1.54, 1.807) is 30.5 Å². The number of hydrazone groups is 1. The predicted molar refractivity (Wildman–Crippen MR) is 116 cm³/mol. The van der Waals surface area contributed by atoms with Crippen LogP contribution in [0, 0.1) is 0 Å². The van der Waals surface area contributed by atoms with Gasteiger partial charge < -0.3 is 10.0 Å². The van der Waals surface area contributed by atoms with E-state index in [2.05, 4.69) is 68.2 Å². The standard InChI is InChI=1S/C23H29N3O2/c1-15(2)26-21-11-6-17(12-20(21)16(3)13-23(26,4)5)14-24-25-19-9-7-18(8-10-19)22(27)28/h6-12,14-16,25H,13H2,1-5H3,(H,27,28)/b24-14+/t16-/m1/s1. The number of aromatic carboxylic acids is 1. The highest BCUT2D eigenvalue weighted by Crippen LogP contribution is 2.44. The predicted octanol–water partition coefficient (Wildman–Crippen LogP) is 5.33. The maximum absolute atomic E-state index is 10.9. The molecule has 0 saturated carbocycles. The Morgan fingerprint density at radius 1 is 1.25 bits per heavy atom. The lowest BCUT2D eigenvalue weighted by molar-refractivity contribution is 0.0697. The van der Waals surface area contributed by atoms with Crippen LogP contribution in [0.5, 0.6) is 0 Å². The van der Waals surface area contributed by atoms with Crippen LogP contribution in [0.25, 0.3) is 0 Å². The number of hydrogen-bond acceptors (Lipinski definition) is 4. The number of anilines is 2. The molecular weight excluding hydrogens is 350 g/mol. The van der Waals surface area contributed by atoms with E-state index in [1.807, 2.05) is 0 Å². The van der Waals surface area contributed by atoms with Crippen molar-refractivity contribution in [1.29, 1.82) is 0 Å². The first-order chi connectivity index (χ1) is 13.2. The zero-order chi connectivity index (χ0) is 20.5. The summed E-state index contributed by atoms with van der Waals surface area (Å²) < 4.78 is 0. The maximum atomic E-state index is 10.9. The van der Waals surface area contributed by atoms with Crippen LogP contribution < -0.4 is 10.3 Å². The lowest BCUT2D eigenvalue weighted by Gasteiger charge is -2.50. The molecule has 0 fully saturated rings. The fourth-order valence-corrected chi connectivity index (χ4v) is 4.40. The Labute approximate surface area is 167 Å². The smallest absolute Gasteiger partial charge is 0.335 e. The van der Waals surface area contributed by atoms with E-state index in [4.69, 9.17) is 5.11 Å². The first kappa shape index (κ1) is 19.9. The molecule has 2 aromatic rings. The largest absolute Gasteiger partial charge is 0.478 e. The van der Waals surface area contributed by atoms with Crippen molar-refractivity contribution >= 4 is 23.6 Å². The maximum Gasteiger partial charge on any atom is 0.335 e. The van der Waals surface area contributed by atoms with Gasteiger partial charge in [-0.05, 0) is 87.6 Å². The number of rotatable bonds is 5. The second-order valence-corrected chi connectivity index (χ2v) is 8.45. The van der Waals surface area contributed by atoms with Gasteiger partial charge in [-0.2, -0.15) is 5.10 Å². The molecule has 0 bridgehead atoms. The molecule has 148 valence electrons. The molecule has 5 nitrogen and oxygen atoms in total. The molecule has 5 heteroatoms. The third-order valence-corrected chi connectivity index (χ3v) is 5.36. The average Bonchev–Trinajstić information content (AvgIpc) is 2.61. The quantitative estimate of drug-likeness (QED) is 0.544. The molecule has 0 radical (unpaired) electrons. The van der Waals surface area contributed by atoms with Crippen LogP contribution in [-0.2, 0) is 0 Å². The van der Waals surface area contributed by atoms with Crippen molar-refractivity contribution in [2.24, 2.45) is 5.10 Å². The molecule has 1 aliphatic rings. The van der Waals surface area contributed by atoms with Gasteiger partial charge in [0.25, 0.3) is 0 Å². The Hall–Kier alpha value is -2.82. The molecule has 1 atom stereocenters. The zero-order valence-corrected chi connectivity index (χ0v) is 17.2. The van der Waals surface area contributed by atoms with Gasteiger partial charge in [0.2, 0.25) is 0 Å². The highest BCUT2D eigenvalue weighted by molar-refractivity contribution is 5.88. The molecule has 1 heterocycles. The van der Waals surface area contributed by atoms with Crippen LogP contribution in [0.4, 0.5) is 11.4 Å². The Morgan fingerprint density at radius 3 is 2.54 bits per heavy atom. The summed E-state index contributed by atoms with van der Waals surface area (Å²) in [6.07, 6.45) is 2.92. The van der Waals surface area contributed by atoms with Crippen molar-refractivity contribution in [1.82, 2.24) is 0 Å². The number of nitrogens with one attached hydrogen (secondary N) is 1. The Balaban J connectivity index is 1.79. The van der Waals surface area contributed by atoms with Crippen molar-refractivity contribution in [3.8, 4) is 0 Å². The summed E-state index contributed by atoms with van der Waals surface area (Å²) in [5, 5.41) is 13.3. The summed E-state index contributed by atoms with van der Waals surface area (Å²) in [5.41, 5.74) is 7.83. The third kappa shape index (κ3) is 4.03. The summed E-state index contributed by atoms with van der Waals surface area (Å²) in [5.74, 6) is -0.443. The molecule has 0 spiro atoms. The third-order valence-electron chi connectivity index (χ3n) is 5.36. The van der Waals surface area contributed by atoms with E-state index in [9.17, 15) is 4.79 Å². The number of carboxylic acids is 1. The topological polar surface area (TPSA) is 64.9 Å². The Bertz CT molecular complexity index is 885. The summed E-state index contributed by atoms with van der Waals surface area (Å²) >= 11 is 0. The summed E-state index contributed by atoms with van der Waals surface area (Å²) in [7, 11) is 0. The van der Waals surface area contributed by atoms with E-state index in [0.717, 1.165) is 17.7 Å². The number of fused-ring (bicyclic) bond motifs is 1. The van der Waals surface area contributed by atoms with Crippen molar-refractivity contribution in [2.75, 3.05) is 10.3 Å². The first-order valence-electron chi connectivity index (χ1n) is 9.75. The van der Waals surface area contributed by atoms with Crippen LogP contribution in [0.3, 0.4) is 0 Å². The van der Waals surface area contributed by atoms with Crippen molar-refractivity contribution < 1.29 is 9.90 Å². The Morgan fingerprint density at radius 2 is 1.93 bits per heavy atom. The van der Waals surface area contributed by atoms with E-state index in [0.29, 0.717) is 12.0 Å². The Kier molecular flexibility index (Phi) is 5.45. The zero-order valence-electron chi connectivity index (χ0n) is 17.2. The number of benzene rings is 2. The van der Waals surface area contributed by atoms with E-state index in [-0.39, 0.29) is 11.1 Å². The molecule has 1 aliphatic heterocycles. The second-order valence-electron chi connectivity index (χ2n) is 8.45. The molecule has 28 heavy (non-hydrogen) atoms. The van der Waals surface area contributed by atoms with Crippen molar-refractivity contribution in [3.63, 3.8) is 0 Å². The molecule has 0 saturated heterocycles. The highest BCUT2D eigenvalue weighted by atomic mass is 16.4. The lowest BCUT2D eigenvalue weighted by atomic mass is 9.79. The van der Waals surface area contributed by atoms with Gasteiger partial charge in [0.1, 0.15) is 0 Å². The van der Waals surface area contributed by atoms with Gasteiger partial charge in [-0.3, -0.25) is 5.43 Å². The minimum Gasteiger partial charge on any atom is -0.478 e. The van der Waals surface area contributed by atoms with Gasteiger partial charge in [0.05, 0.1) is 17.5 Å². The van der Waals surface area contributed by atoms with Crippen LogP contribution in [-0.4, -0.2) is 28.9 Å². The molecular formula is C23H29N3O2. The highest BCUT2D eigenvalue weighted by Gasteiger charge is 2.37. The first-order valence-corrected chi connectivity index (χ1v) is 9.75. The molecule has 2 aromatic carbocycles. The van der Waals surface area contributed by atoms with Crippen LogP contribution >= 0.6 is 0 Å². The summed E-state index contributed by atoms with van der Waals surface area (Å²) in [6, 6.07) is 13.5. The SMILES string of the molecule is CC(C)N1c2ccc(/C=N/Nc3ccc(C(=O)O)cc3)cc2[C@H](C)CC1(C)C. The molecule has 3 rings (SSSR count). The van der Waals surface area contributed by atoms with Gasteiger partial charge >= 0.3 is 5.97 Å². The number of nitrogens with zero attached hydrogens (tertiary/aromatic N) is 2. The molecule has 0 amide bonds. The fraction of sp³-hybridized carbons (Fsp3) is 0.391.